The van der Waals surface area contributed by atoms with Crippen LogP contribution < -0.4 is 10.1 Å². The Morgan fingerprint density at radius 2 is 1.91 bits per heavy atom. The van der Waals surface area contributed by atoms with Crippen LogP contribution in [0.5, 0.6) is 5.75 Å². The van der Waals surface area contributed by atoms with E-state index >= 15 is 0 Å². The summed E-state index contributed by atoms with van der Waals surface area (Å²) in [6.07, 6.45) is 1.72. The van der Waals surface area contributed by atoms with E-state index in [1.165, 1.54) is 6.92 Å². The van der Waals surface area contributed by atoms with E-state index in [9.17, 15) is 4.79 Å². The highest BCUT2D eigenvalue weighted by Gasteiger charge is 2.19. The Labute approximate surface area is 210 Å². The zero-order chi connectivity index (χ0) is 25.0. The van der Waals surface area contributed by atoms with E-state index in [-0.39, 0.29) is 18.6 Å². The third-order valence-electron chi connectivity index (χ3n) is 5.20. The fourth-order valence-electron chi connectivity index (χ4n) is 3.84. The van der Waals surface area contributed by atoms with Crippen molar-refractivity contribution in [3.8, 4) is 5.75 Å². The third kappa shape index (κ3) is 5.75. The number of fused-ring (bicyclic) bond motifs is 1. The molecule has 2 aromatic heterocycles. The number of para-hydroxylation sites is 1. The first-order valence-corrected chi connectivity index (χ1v) is 11.7. The van der Waals surface area contributed by atoms with Crippen molar-refractivity contribution in [3.05, 3.63) is 68.6 Å². The molecule has 0 spiro atoms. The maximum absolute atomic E-state index is 11.6. The van der Waals surface area contributed by atoms with Crippen LogP contribution in [0.3, 0.4) is 0 Å². The Hall–Kier alpha value is -2.96. The summed E-state index contributed by atoms with van der Waals surface area (Å²) in [5.41, 5.74) is 5.24. The molecule has 3 rings (SSSR count). The van der Waals surface area contributed by atoms with Crippen molar-refractivity contribution in [1.82, 2.24) is 15.3 Å². The number of nitrogens with one attached hydrogen (secondary N) is 1. The van der Waals surface area contributed by atoms with Crippen molar-refractivity contribution >= 4 is 51.9 Å². The smallest absolute Gasteiger partial charge is 0.217 e. The monoisotopic (exact) mass is 498 g/mol. The third-order valence-corrected chi connectivity index (χ3v) is 5.72. The SMILES string of the molecule is CC=N/C(=C(\C)Cl)c1cc(C)nc2c(OCc3c(Cl)cc(C)nc3C(C)NC(C)=O)cccc12. The molecule has 1 atom stereocenters. The lowest BCUT2D eigenvalue weighted by Crippen LogP contribution is -2.26. The molecule has 34 heavy (non-hydrogen) atoms. The van der Waals surface area contributed by atoms with Crippen molar-refractivity contribution in [1.29, 1.82) is 0 Å². The molecule has 0 aliphatic heterocycles. The van der Waals surface area contributed by atoms with Gasteiger partial charge in [-0.2, -0.15) is 0 Å². The molecule has 0 saturated carbocycles. The molecular formula is C26H28Cl2N4O2. The van der Waals surface area contributed by atoms with Gasteiger partial charge < -0.3 is 10.1 Å². The van der Waals surface area contributed by atoms with Crippen LogP contribution in [0.15, 0.2) is 40.4 Å². The molecule has 6 nitrogen and oxygen atoms in total. The number of amides is 1. The number of ether oxygens (including phenoxy) is 1. The molecule has 1 amide bonds. The van der Waals surface area contributed by atoms with Gasteiger partial charge in [0.05, 0.1) is 22.5 Å². The van der Waals surface area contributed by atoms with Gasteiger partial charge in [-0.15, -0.1) is 0 Å². The standard InChI is InChI=1S/C26H28Cl2N4O2/c1-7-29-24(16(4)27)20-11-14(2)31-26-19(20)9-8-10-23(26)34-13-21-22(28)12-15(3)30-25(21)17(5)32-18(6)33/h7-12,17H,13H2,1-6H3,(H,32,33)/b24-16+,29-7?. The Kier molecular flexibility index (Phi) is 8.28. The highest BCUT2D eigenvalue weighted by Crippen LogP contribution is 2.34. The molecule has 1 N–H and O–H groups in total. The minimum absolute atomic E-state index is 0.145. The number of aliphatic imine (C=N–C) groups is 1. The topological polar surface area (TPSA) is 76.5 Å². The number of halogens is 2. The number of allylic oxidation sites excluding steroid dienone is 1. The first-order valence-electron chi connectivity index (χ1n) is 10.9. The van der Waals surface area contributed by atoms with Gasteiger partial charge in [-0.3, -0.25) is 14.8 Å². The summed E-state index contributed by atoms with van der Waals surface area (Å²) < 4.78 is 6.24. The predicted molar refractivity (Wildman–Crippen MR) is 140 cm³/mol. The van der Waals surface area contributed by atoms with Gasteiger partial charge in [-0.05, 0) is 52.8 Å². The lowest BCUT2D eigenvalue weighted by molar-refractivity contribution is -0.119. The molecule has 178 valence electrons. The Morgan fingerprint density at radius 3 is 2.56 bits per heavy atom. The number of nitrogens with zero attached hydrogens (tertiary/aromatic N) is 3. The number of carbonyl (C=O) groups excluding carboxylic acids is 1. The summed E-state index contributed by atoms with van der Waals surface area (Å²) in [4.78, 5) is 25.4. The van der Waals surface area contributed by atoms with Gasteiger partial charge in [0, 0.05) is 46.1 Å². The second kappa shape index (κ2) is 11.0. The van der Waals surface area contributed by atoms with E-state index in [0.29, 0.717) is 38.3 Å². The molecule has 1 aromatic carbocycles. The first kappa shape index (κ1) is 25.7. The normalized spacial score (nSPS) is 13.2. The number of rotatable bonds is 7. The van der Waals surface area contributed by atoms with Crippen LogP contribution in [0.4, 0.5) is 0 Å². The van der Waals surface area contributed by atoms with Gasteiger partial charge >= 0.3 is 0 Å². The highest BCUT2D eigenvalue weighted by atomic mass is 35.5. The van der Waals surface area contributed by atoms with Crippen LogP contribution >= 0.6 is 23.2 Å². The van der Waals surface area contributed by atoms with Crippen LogP contribution in [-0.4, -0.2) is 22.1 Å². The zero-order valence-corrected chi connectivity index (χ0v) is 21.7. The van der Waals surface area contributed by atoms with Crippen molar-refractivity contribution in [2.24, 2.45) is 4.99 Å². The number of aromatic nitrogens is 2. The fourth-order valence-corrected chi connectivity index (χ4v) is 4.30. The predicted octanol–water partition coefficient (Wildman–Crippen LogP) is 6.69. The van der Waals surface area contributed by atoms with Crippen molar-refractivity contribution in [2.45, 2.75) is 54.2 Å². The van der Waals surface area contributed by atoms with Gasteiger partial charge in [0.2, 0.25) is 5.91 Å². The van der Waals surface area contributed by atoms with Gasteiger partial charge in [0.1, 0.15) is 17.9 Å². The molecule has 0 aliphatic carbocycles. The van der Waals surface area contributed by atoms with Crippen LogP contribution in [0.25, 0.3) is 16.6 Å². The molecule has 0 aliphatic rings. The molecule has 8 heteroatoms. The maximum atomic E-state index is 11.6. The summed E-state index contributed by atoms with van der Waals surface area (Å²) in [6, 6.07) is 9.18. The number of hydrogen-bond donors (Lipinski definition) is 1. The summed E-state index contributed by atoms with van der Waals surface area (Å²) in [7, 11) is 0. The average Bonchev–Trinajstić information content (AvgIpc) is 2.75. The van der Waals surface area contributed by atoms with Gasteiger partial charge in [0.25, 0.3) is 0 Å². The second-order valence-electron chi connectivity index (χ2n) is 8.05. The van der Waals surface area contributed by atoms with E-state index in [2.05, 4.69) is 15.3 Å². The van der Waals surface area contributed by atoms with E-state index in [1.807, 2.05) is 58.9 Å². The highest BCUT2D eigenvalue weighted by molar-refractivity contribution is 6.32. The van der Waals surface area contributed by atoms with E-state index in [1.54, 1.807) is 12.3 Å². The lowest BCUT2D eigenvalue weighted by atomic mass is 10.0. The average molecular weight is 499 g/mol. The largest absolute Gasteiger partial charge is 0.486 e. The molecule has 3 aromatic rings. The van der Waals surface area contributed by atoms with Gasteiger partial charge in [0.15, 0.2) is 0 Å². The van der Waals surface area contributed by atoms with E-state index in [4.69, 9.17) is 32.9 Å². The summed E-state index contributed by atoms with van der Waals surface area (Å²) >= 11 is 12.9. The van der Waals surface area contributed by atoms with Crippen molar-refractivity contribution < 1.29 is 9.53 Å². The van der Waals surface area contributed by atoms with Crippen LogP contribution in [-0.2, 0) is 11.4 Å². The van der Waals surface area contributed by atoms with Crippen LogP contribution in [0, 0.1) is 13.8 Å². The van der Waals surface area contributed by atoms with Gasteiger partial charge in [-0.25, -0.2) is 4.98 Å². The molecule has 0 bridgehead atoms. The Balaban J connectivity index is 2.07. The number of aryl methyl sites for hydroxylation is 2. The van der Waals surface area contributed by atoms with E-state index in [0.717, 1.165) is 22.3 Å². The number of benzene rings is 1. The number of carbonyl (C=O) groups is 1. The van der Waals surface area contributed by atoms with E-state index < -0.39 is 0 Å². The van der Waals surface area contributed by atoms with Gasteiger partial charge in [-0.1, -0.05) is 35.3 Å². The molecule has 0 radical (unpaired) electrons. The first-order chi connectivity index (χ1) is 16.1. The lowest BCUT2D eigenvalue weighted by Gasteiger charge is -2.19. The second-order valence-corrected chi connectivity index (χ2v) is 9.03. The summed E-state index contributed by atoms with van der Waals surface area (Å²) in [6.45, 7) is 11.0. The summed E-state index contributed by atoms with van der Waals surface area (Å²) in [5.74, 6) is 0.456. The van der Waals surface area contributed by atoms with Crippen LogP contribution in [0.1, 0.15) is 61.9 Å². The molecular weight excluding hydrogens is 471 g/mol. The zero-order valence-electron chi connectivity index (χ0n) is 20.2. The Morgan fingerprint density at radius 1 is 1.21 bits per heavy atom. The van der Waals surface area contributed by atoms with Crippen molar-refractivity contribution in [3.63, 3.8) is 0 Å². The number of pyridine rings is 2. The molecule has 0 fully saturated rings. The molecule has 0 saturated heterocycles. The van der Waals surface area contributed by atoms with Crippen molar-refractivity contribution in [2.75, 3.05) is 0 Å². The minimum Gasteiger partial charge on any atom is -0.486 e. The minimum atomic E-state index is -0.320. The Bertz CT molecular complexity index is 1300. The molecule has 1 unspecified atom stereocenters. The number of hydrogen-bond acceptors (Lipinski definition) is 5. The quantitative estimate of drug-likeness (QED) is 0.367. The molecule has 2 heterocycles. The fraction of sp³-hybridized carbons (Fsp3) is 0.308. The summed E-state index contributed by atoms with van der Waals surface area (Å²) in [5, 5.41) is 4.87. The maximum Gasteiger partial charge on any atom is 0.217 e. The van der Waals surface area contributed by atoms with Crippen LogP contribution in [0.2, 0.25) is 5.02 Å².